The molecule has 0 radical (unpaired) electrons. The lowest BCUT2D eigenvalue weighted by molar-refractivity contribution is 0.149. The highest BCUT2D eigenvalue weighted by atomic mass is 19.3. The molecule has 0 bridgehead atoms. The summed E-state index contributed by atoms with van der Waals surface area (Å²) in [5.74, 6) is -0.854. The largest absolute Gasteiger partial charge is 0.265 e. The van der Waals surface area contributed by atoms with Gasteiger partial charge in [0, 0.05) is 11.3 Å². The Balaban J connectivity index is 3.18. The fraction of sp³-hybridized carbons (Fsp3) is 0.333. The van der Waals surface area contributed by atoms with Crippen molar-refractivity contribution in [1.29, 1.82) is 5.26 Å². The van der Waals surface area contributed by atoms with Gasteiger partial charge < -0.3 is 0 Å². The fourth-order valence-corrected chi connectivity index (χ4v) is 1.06. The molecule has 0 saturated heterocycles. The van der Waals surface area contributed by atoms with Gasteiger partial charge in [0.25, 0.3) is 6.43 Å². The molecule has 0 saturated carbocycles. The van der Waals surface area contributed by atoms with Crippen LogP contribution < -0.4 is 0 Å². The van der Waals surface area contributed by atoms with Crippen molar-refractivity contribution >= 4 is 0 Å². The number of halogens is 3. The van der Waals surface area contributed by atoms with E-state index in [9.17, 15) is 13.2 Å². The molecule has 5 heteroatoms. The zero-order valence-corrected chi connectivity index (χ0v) is 7.39. The van der Waals surface area contributed by atoms with Crippen LogP contribution >= 0.6 is 0 Å². The molecule has 0 aromatic carbocycles. The monoisotopic (exact) mass is 200 g/mol. The number of hydrogen-bond acceptors (Lipinski definition) is 2. The molecule has 0 aliphatic heterocycles. The van der Waals surface area contributed by atoms with Gasteiger partial charge in [-0.25, -0.2) is 13.2 Å². The second-order valence-corrected chi connectivity index (χ2v) is 2.73. The predicted octanol–water partition coefficient (Wildman–Crippen LogP) is 2.53. The van der Waals surface area contributed by atoms with Crippen molar-refractivity contribution in [1.82, 2.24) is 4.98 Å². The SMILES string of the molecule is Cc1nc(CC#N)c(F)cc1C(F)F. The van der Waals surface area contributed by atoms with Gasteiger partial charge in [0.2, 0.25) is 0 Å². The number of hydrogen-bond donors (Lipinski definition) is 0. The van der Waals surface area contributed by atoms with E-state index in [1.54, 1.807) is 6.07 Å². The van der Waals surface area contributed by atoms with E-state index in [1.807, 2.05) is 0 Å². The van der Waals surface area contributed by atoms with Crippen LogP contribution in [0.1, 0.15) is 23.4 Å². The molecule has 1 heterocycles. The second-order valence-electron chi connectivity index (χ2n) is 2.73. The molecule has 1 aromatic heterocycles. The maximum Gasteiger partial charge on any atom is 0.265 e. The number of alkyl halides is 2. The minimum absolute atomic E-state index is 0.0617. The van der Waals surface area contributed by atoms with Crippen molar-refractivity contribution in [3.8, 4) is 6.07 Å². The van der Waals surface area contributed by atoms with E-state index in [0.29, 0.717) is 0 Å². The highest BCUT2D eigenvalue weighted by Crippen LogP contribution is 2.23. The average Bonchev–Trinajstić information content (AvgIpc) is 2.10. The van der Waals surface area contributed by atoms with E-state index in [0.717, 1.165) is 6.07 Å². The average molecular weight is 200 g/mol. The third-order valence-corrected chi connectivity index (χ3v) is 1.76. The molecular formula is C9H7F3N2. The Kier molecular flexibility index (Phi) is 3.07. The summed E-state index contributed by atoms with van der Waals surface area (Å²) in [6.45, 7) is 1.36. The minimum Gasteiger partial charge on any atom is -0.254 e. The molecule has 0 aliphatic carbocycles. The van der Waals surface area contributed by atoms with E-state index < -0.39 is 17.8 Å². The molecule has 14 heavy (non-hydrogen) atoms. The van der Waals surface area contributed by atoms with Crippen LogP contribution in [0.4, 0.5) is 13.2 Å². The quantitative estimate of drug-likeness (QED) is 0.735. The van der Waals surface area contributed by atoms with E-state index in [4.69, 9.17) is 5.26 Å². The number of nitrogens with zero attached hydrogens (tertiary/aromatic N) is 2. The first-order valence-electron chi connectivity index (χ1n) is 3.87. The van der Waals surface area contributed by atoms with Crippen LogP contribution in [0.2, 0.25) is 0 Å². The van der Waals surface area contributed by atoms with Gasteiger partial charge in [-0.15, -0.1) is 0 Å². The van der Waals surface area contributed by atoms with Crippen molar-refractivity contribution in [3.63, 3.8) is 0 Å². The Morgan fingerprint density at radius 3 is 2.71 bits per heavy atom. The summed E-state index contributed by atoms with van der Waals surface area (Å²) in [7, 11) is 0. The molecular weight excluding hydrogens is 193 g/mol. The van der Waals surface area contributed by atoms with Crippen LogP contribution in [0.5, 0.6) is 0 Å². The van der Waals surface area contributed by atoms with Crippen LogP contribution in [-0.4, -0.2) is 4.98 Å². The van der Waals surface area contributed by atoms with Crippen molar-refractivity contribution < 1.29 is 13.2 Å². The molecule has 0 aliphatic rings. The Bertz CT molecular complexity index is 382. The summed E-state index contributed by atoms with van der Waals surface area (Å²) < 4.78 is 37.5. The van der Waals surface area contributed by atoms with E-state index in [-0.39, 0.29) is 17.8 Å². The molecule has 0 fully saturated rings. The molecule has 0 amide bonds. The predicted molar refractivity (Wildman–Crippen MR) is 43.2 cm³/mol. The summed E-state index contributed by atoms with van der Waals surface area (Å²) in [4.78, 5) is 3.61. The topological polar surface area (TPSA) is 36.7 Å². The van der Waals surface area contributed by atoms with Gasteiger partial charge in [-0.2, -0.15) is 5.26 Å². The van der Waals surface area contributed by atoms with E-state index >= 15 is 0 Å². The molecule has 0 N–H and O–H groups in total. The number of pyridine rings is 1. The zero-order chi connectivity index (χ0) is 10.7. The van der Waals surface area contributed by atoms with Crippen LogP contribution in [0.3, 0.4) is 0 Å². The fourth-order valence-electron chi connectivity index (χ4n) is 1.06. The highest BCUT2D eigenvalue weighted by Gasteiger charge is 2.15. The van der Waals surface area contributed by atoms with Crippen molar-refractivity contribution in [2.24, 2.45) is 0 Å². The molecule has 1 rings (SSSR count). The van der Waals surface area contributed by atoms with Crippen molar-refractivity contribution in [3.05, 3.63) is 28.8 Å². The summed E-state index contributed by atoms with van der Waals surface area (Å²) in [5.41, 5.74) is -0.453. The van der Waals surface area contributed by atoms with Gasteiger partial charge in [-0.1, -0.05) is 0 Å². The highest BCUT2D eigenvalue weighted by molar-refractivity contribution is 5.25. The number of aromatic nitrogens is 1. The summed E-state index contributed by atoms with van der Waals surface area (Å²) in [6, 6.07) is 2.45. The summed E-state index contributed by atoms with van der Waals surface area (Å²) >= 11 is 0. The van der Waals surface area contributed by atoms with E-state index in [1.165, 1.54) is 6.92 Å². The van der Waals surface area contributed by atoms with Crippen molar-refractivity contribution in [2.45, 2.75) is 19.8 Å². The third-order valence-electron chi connectivity index (χ3n) is 1.76. The van der Waals surface area contributed by atoms with Gasteiger partial charge in [-0.05, 0) is 13.0 Å². The molecule has 0 atom stereocenters. The molecule has 74 valence electrons. The Labute approximate surface area is 79.0 Å². The Hall–Kier alpha value is -1.57. The first-order valence-corrected chi connectivity index (χ1v) is 3.87. The van der Waals surface area contributed by atoms with Gasteiger partial charge in [-0.3, -0.25) is 4.98 Å². The third kappa shape index (κ3) is 2.02. The lowest BCUT2D eigenvalue weighted by Crippen LogP contribution is -2.01. The molecule has 2 nitrogen and oxygen atoms in total. The number of rotatable bonds is 2. The lowest BCUT2D eigenvalue weighted by Gasteiger charge is -2.06. The van der Waals surface area contributed by atoms with Gasteiger partial charge in [0.1, 0.15) is 5.82 Å². The van der Waals surface area contributed by atoms with Gasteiger partial charge in [0.05, 0.1) is 18.2 Å². The number of aryl methyl sites for hydroxylation is 1. The van der Waals surface area contributed by atoms with Gasteiger partial charge in [0.15, 0.2) is 0 Å². The second kappa shape index (κ2) is 4.09. The summed E-state index contributed by atoms with van der Waals surface area (Å²) in [5, 5.41) is 8.31. The van der Waals surface area contributed by atoms with E-state index in [2.05, 4.69) is 4.98 Å². The standard InChI is InChI=1S/C9H7F3N2/c1-5-6(9(11)12)4-7(10)8(14-5)2-3-13/h4,9H,2H2,1H3. The normalized spacial score (nSPS) is 10.3. The summed E-state index contributed by atoms with van der Waals surface area (Å²) in [6.07, 6.45) is -2.95. The molecule has 0 spiro atoms. The van der Waals surface area contributed by atoms with Crippen molar-refractivity contribution in [2.75, 3.05) is 0 Å². The lowest BCUT2D eigenvalue weighted by atomic mass is 10.1. The van der Waals surface area contributed by atoms with Crippen LogP contribution in [-0.2, 0) is 6.42 Å². The maximum atomic E-state index is 13.0. The van der Waals surface area contributed by atoms with Crippen LogP contribution in [0.15, 0.2) is 6.07 Å². The van der Waals surface area contributed by atoms with Gasteiger partial charge >= 0.3 is 0 Å². The van der Waals surface area contributed by atoms with Crippen LogP contribution in [0, 0.1) is 24.1 Å². The molecule has 0 unspecified atom stereocenters. The minimum atomic E-state index is -2.74. The number of nitriles is 1. The zero-order valence-electron chi connectivity index (χ0n) is 7.39. The first kappa shape index (κ1) is 10.5. The Morgan fingerprint density at radius 2 is 2.21 bits per heavy atom. The molecule has 1 aromatic rings. The smallest absolute Gasteiger partial charge is 0.254 e. The van der Waals surface area contributed by atoms with Crippen LogP contribution in [0.25, 0.3) is 0 Å². The first-order chi connectivity index (χ1) is 6.56. The maximum absolute atomic E-state index is 13.0. The Morgan fingerprint density at radius 1 is 1.57 bits per heavy atom.